The number of hydrogen-bond donors (Lipinski definition) is 1. The zero-order valence-electron chi connectivity index (χ0n) is 12.6. The van der Waals surface area contributed by atoms with Crippen LogP contribution in [0.15, 0.2) is 0 Å². The summed E-state index contributed by atoms with van der Waals surface area (Å²) in [4.78, 5) is 2.62. The molecule has 18 heavy (non-hydrogen) atoms. The first-order chi connectivity index (χ1) is 8.77. The lowest BCUT2D eigenvalue weighted by Crippen LogP contribution is -2.40. The molecule has 0 aromatic heterocycles. The van der Waals surface area contributed by atoms with E-state index >= 15 is 0 Å². The maximum absolute atomic E-state index is 5.62. The molecule has 1 aliphatic rings. The van der Waals surface area contributed by atoms with E-state index in [1.165, 1.54) is 45.2 Å². The van der Waals surface area contributed by atoms with E-state index in [9.17, 15) is 0 Å². The molecule has 1 heterocycles. The van der Waals surface area contributed by atoms with Gasteiger partial charge in [-0.3, -0.25) is 4.90 Å². The van der Waals surface area contributed by atoms with Gasteiger partial charge >= 0.3 is 0 Å². The zero-order chi connectivity index (χ0) is 13.2. The van der Waals surface area contributed by atoms with Crippen LogP contribution in [-0.4, -0.2) is 49.8 Å². The molecule has 2 unspecified atom stereocenters. The van der Waals surface area contributed by atoms with E-state index in [1.807, 2.05) is 0 Å². The molecule has 0 amide bonds. The monoisotopic (exact) mass is 256 g/mol. The molecular weight excluding hydrogens is 224 g/mol. The third-order valence-electron chi connectivity index (χ3n) is 3.98. The van der Waals surface area contributed by atoms with Crippen molar-refractivity contribution in [2.24, 2.45) is 0 Å². The largest absolute Gasteiger partial charge is 0.377 e. The maximum atomic E-state index is 5.62. The SMILES string of the molecule is CCCCN(CCNCC1CCCO1)C(C)CC. The lowest BCUT2D eigenvalue weighted by molar-refractivity contribution is 0.108. The molecular formula is C15H32N2O. The minimum Gasteiger partial charge on any atom is -0.377 e. The minimum atomic E-state index is 0.470. The summed E-state index contributed by atoms with van der Waals surface area (Å²) >= 11 is 0. The average Bonchev–Trinajstić information content (AvgIpc) is 2.90. The molecule has 1 fully saturated rings. The highest BCUT2D eigenvalue weighted by Crippen LogP contribution is 2.10. The van der Waals surface area contributed by atoms with E-state index in [2.05, 4.69) is 31.0 Å². The van der Waals surface area contributed by atoms with Gasteiger partial charge in [0.05, 0.1) is 6.10 Å². The van der Waals surface area contributed by atoms with Crippen LogP contribution in [-0.2, 0) is 4.74 Å². The van der Waals surface area contributed by atoms with Crippen molar-refractivity contribution in [2.75, 3.05) is 32.8 Å². The van der Waals surface area contributed by atoms with Gasteiger partial charge in [0, 0.05) is 32.3 Å². The molecule has 0 aliphatic carbocycles. The normalized spacial score (nSPS) is 21.7. The van der Waals surface area contributed by atoms with Gasteiger partial charge in [0.15, 0.2) is 0 Å². The van der Waals surface area contributed by atoms with Gasteiger partial charge in [-0.15, -0.1) is 0 Å². The molecule has 0 spiro atoms. The summed E-state index contributed by atoms with van der Waals surface area (Å²) in [7, 11) is 0. The maximum Gasteiger partial charge on any atom is 0.0700 e. The third kappa shape index (κ3) is 6.17. The van der Waals surface area contributed by atoms with Crippen LogP contribution in [0.1, 0.15) is 52.9 Å². The van der Waals surface area contributed by atoms with Gasteiger partial charge < -0.3 is 10.1 Å². The summed E-state index contributed by atoms with van der Waals surface area (Å²) in [6, 6.07) is 0.709. The second-order valence-corrected chi connectivity index (χ2v) is 5.49. The van der Waals surface area contributed by atoms with Crippen molar-refractivity contribution in [3.8, 4) is 0 Å². The molecule has 1 rings (SSSR count). The summed E-state index contributed by atoms with van der Waals surface area (Å²) < 4.78 is 5.62. The molecule has 3 nitrogen and oxygen atoms in total. The number of rotatable bonds is 10. The molecule has 0 bridgehead atoms. The van der Waals surface area contributed by atoms with E-state index in [1.54, 1.807) is 0 Å². The molecule has 1 N–H and O–H groups in total. The Hall–Kier alpha value is -0.120. The van der Waals surface area contributed by atoms with E-state index in [4.69, 9.17) is 4.74 Å². The quantitative estimate of drug-likeness (QED) is 0.608. The fourth-order valence-electron chi connectivity index (χ4n) is 2.46. The summed E-state index contributed by atoms with van der Waals surface area (Å²) in [5.41, 5.74) is 0. The van der Waals surface area contributed by atoms with E-state index < -0.39 is 0 Å². The number of hydrogen-bond acceptors (Lipinski definition) is 3. The standard InChI is InChI=1S/C15H32N2O/c1-4-6-10-17(14(3)5-2)11-9-16-13-15-8-7-12-18-15/h14-16H,4-13H2,1-3H3. The van der Waals surface area contributed by atoms with Crippen molar-refractivity contribution in [1.29, 1.82) is 0 Å². The van der Waals surface area contributed by atoms with Gasteiger partial charge in [0.1, 0.15) is 0 Å². The molecule has 1 aliphatic heterocycles. The Balaban J connectivity index is 2.11. The van der Waals surface area contributed by atoms with Crippen molar-refractivity contribution in [3.63, 3.8) is 0 Å². The highest BCUT2D eigenvalue weighted by molar-refractivity contribution is 4.70. The van der Waals surface area contributed by atoms with Crippen molar-refractivity contribution in [2.45, 2.75) is 65.0 Å². The lowest BCUT2D eigenvalue weighted by atomic mass is 10.2. The van der Waals surface area contributed by atoms with Gasteiger partial charge in [-0.1, -0.05) is 20.3 Å². The van der Waals surface area contributed by atoms with Crippen LogP contribution in [0.5, 0.6) is 0 Å². The van der Waals surface area contributed by atoms with Gasteiger partial charge in [-0.05, 0) is 39.2 Å². The fraction of sp³-hybridized carbons (Fsp3) is 1.00. The summed E-state index contributed by atoms with van der Waals surface area (Å²) in [5.74, 6) is 0. The molecule has 0 saturated carbocycles. The van der Waals surface area contributed by atoms with Crippen LogP contribution in [0.2, 0.25) is 0 Å². The highest BCUT2D eigenvalue weighted by Gasteiger charge is 2.15. The number of nitrogens with zero attached hydrogens (tertiary/aromatic N) is 1. The van der Waals surface area contributed by atoms with Crippen LogP contribution in [0.25, 0.3) is 0 Å². The van der Waals surface area contributed by atoms with E-state index in [-0.39, 0.29) is 0 Å². The molecule has 0 aromatic rings. The van der Waals surface area contributed by atoms with Crippen molar-refractivity contribution < 1.29 is 4.74 Å². The van der Waals surface area contributed by atoms with Crippen LogP contribution < -0.4 is 5.32 Å². The Morgan fingerprint density at radius 3 is 2.78 bits per heavy atom. The second kappa shape index (κ2) is 9.76. The van der Waals surface area contributed by atoms with E-state index in [0.717, 1.165) is 19.7 Å². The van der Waals surface area contributed by atoms with Crippen LogP contribution >= 0.6 is 0 Å². The average molecular weight is 256 g/mol. The summed E-state index contributed by atoms with van der Waals surface area (Å²) in [5, 5.41) is 3.55. The molecule has 108 valence electrons. The predicted molar refractivity (Wildman–Crippen MR) is 78.1 cm³/mol. The van der Waals surface area contributed by atoms with Crippen LogP contribution in [0.3, 0.4) is 0 Å². The first-order valence-electron chi connectivity index (χ1n) is 7.84. The fourth-order valence-corrected chi connectivity index (χ4v) is 2.46. The van der Waals surface area contributed by atoms with Gasteiger partial charge in [0.2, 0.25) is 0 Å². The summed E-state index contributed by atoms with van der Waals surface area (Å²) in [6.45, 7) is 12.4. The Morgan fingerprint density at radius 2 is 2.17 bits per heavy atom. The van der Waals surface area contributed by atoms with Crippen LogP contribution in [0, 0.1) is 0 Å². The predicted octanol–water partition coefficient (Wildman–Crippen LogP) is 2.66. The Kier molecular flexibility index (Phi) is 8.64. The summed E-state index contributed by atoms with van der Waals surface area (Å²) in [6.07, 6.45) is 6.79. The smallest absolute Gasteiger partial charge is 0.0700 e. The molecule has 2 atom stereocenters. The lowest BCUT2D eigenvalue weighted by Gasteiger charge is -2.28. The van der Waals surface area contributed by atoms with E-state index in [0.29, 0.717) is 12.1 Å². The highest BCUT2D eigenvalue weighted by atomic mass is 16.5. The molecule has 0 radical (unpaired) electrons. The minimum absolute atomic E-state index is 0.470. The first kappa shape index (κ1) is 15.9. The van der Waals surface area contributed by atoms with Gasteiger partial charge in [-0.25, -0.2) is 0 Å². The van der Waals surface area contributed by atoms with Gasteiger partial charge in [0.25, 0.3) is 0 Å². The second-order valence-electron chi connectivity index (χ2n) is 5.49. The number of ether oxygens (including phenoxy) is 1. The molecule has 1 saturated heterocycles. The third-order valence-corrected chi connectivity index (χ3v) is 3.98. The number of unbranched alkanes of at least 4 members (excludes halogenated alkanes) is 1. The number of nitrogens with one attached hydrogen (secondary N) is 1. The topological polar surface area (TPSA) is 24.5 Å². The molecule has 0 aromatic carbocycles. The van der Waals surface area contributed by atoms with Crippen molar-refractivity contribution in [1.82, 2.24) is 10.2 Å². The Bertz CT molecular complexity index is 193. The Labute approximate surface area is 113 Å². The van der Waals surface area contributed by atoms with Gasteiger partial charge in [-0.2, -0.15) is 0 Å². The Morgan fingerprint density at radius 1 is 1.33 bits per heavy atom. The van der Waals surface area contributed by atoms with Crippen LogP contribution in [0.4, 0.5) is 0 Å². The zero-order valence-corrected chi connectivity index (χ0v) is 12.6. The molecule has 3 heteroatoms. The first-order valence-corrected chi connectivity index (χ1v) is 7.84. The van der Waals surface area contributed by atoms with Crippen molar-refractivity contribution in [3.05, 3.63) is 0 Å². The van der Waals surface area contributed by atoms with Crippen molar-refractivity contribution >= 4 is 0 Å².